The van der Waals surface area contributed by atoms with E-state index in [2.05, 4.69) is 15.0 Å². The zero-order valence-corrected chi connectivity index (χ0v) is 17.0. The molecule has 32 heavy (non-hydrogen) atoms. The summed E-state index contributed by atoms with van der Waals surface area (Å²) in [7, 11) is 0. The Bertz CT molecular complexity index is 1010. The summed E-state index contributed by atoms with van der Waals surface area (Å²) in [5, 5.41) is 2.54. The van der Waals surface area contributed by atoms with Crippen molar-refractivity contribution in [3.8, 4) is 5.75 Å². The van der Waals surface area contributed by atoms with Gasteiger partial charge in [0, 0.05) is 6.20 Å². The van der Waals surface area contributed by atoms with Crippen LogP contribution in [0.1, 0.15) is 19.4 Å². The topological polar surface area (TPSA) is 101 Å². The van der Waals surface area contributed by atoms with Gasteiger partial charge in [-0.2, -0.15) is 0 Å². The third kappa shape index (κ3) is 5.65. The molecule has 0 atom stereocenters. The number of nitrogens with zero attached hydrogens (tertiary/aromatic N) is 3. The minimum Gasteiger partial charge on any atom is -0.447 e. The van der Waals surface area contributed by atoms with E-state index in [1.54, 1.807) is 19.9 Å². The Morgan fingerprint density at radius 2 is 1.88 bits per heavy atom. The highest BCUT2D eigenvalue weighted by molar-refractivity contribution is 6.19. The third-order valence-corrected chi connectivity index (χ3v) is 4.22. The summed E-state index contributed by atoms with van der Waals surface area (Å²) >= 11 is 0. The van der Waals surface area contributed by atoms with Crippen LogP contribution in [0.3, 0.4) is 0 Å². The number of hydrogen-bond donors (Lipinski definition) is 1. The predicted molar refractivity (Wildman–Crippen MR) is 106 cm³/mol. The lowest BCUT2D eigenvalue weighted by molar-refractivity contribution is -0.274. The summed E-state index contributed by atoms with van der Waals surface area (Å²) in [6, 6.07) is 5.30. The summed E-state index contributed by atoms with van der Waals surface area (Å²) < 4.78 is 45.8. The number of imide groups is 1. The van der Waals surface area contributed by atoms with Crippen molar-refractivity contribution >= 4 is 29.4 Å². The van der Waals surface area contributed by atoms with Crippen LogP contribution in [0.5, 0.6) is 5.75 Å². The van der Waals surface area contributed by atoms with Crippen molar-refractivity contribution in [1.82, 2.24) is 9.88 Å². The molecule has 0 saturated carbocycles. The van der Waals surface area contributed by atoms with Crippen molar-refractivity contribution in [2.45, 2.75) is 32.9 Å². The quantitative estimate of drug-likeness (QED) is 0.667. The molecule has 1 N–H and O–H groups in total. The van der Waals surface area contributed by atoms with Crippen LogP contribution in [0.25, 0.3) is 0 Å². The molecule has 1 aromatic heterocycles. The smallest absolute Gasteiger partial charge is 0.447 e. The Hall–Kier alpha value is -3.83. The Morgan fingerprint density at radius 1 is 1.19 bits per heavy atom. The molecule has 1 fully saturated rings. The molecule has 2 heterocycles. The molecule has 0 bridgehead atoms. The number of benzene rings is 1. The number of nitrogens with one attached hydrogen (secondary N) is 1. The summed E-state index contributed by atoms with van der Waals surface area (Å²) in [5.41, 5.74) is 0.925. The Balaban J connectivity index is 1.73. The molecule has 0 spiro atoms. The first kappa shape index (κ1) is 22.8. The molecule has 3 rings (SSSR count). The number of carbonyl (C=O) groups is 3. The standard InChI is InChI=1S/C20H19F3N4O5/c1-12(2)31-18(29)25-16-9-24-8-7-13(16)10-26-11-17(28)27(19(26)30)14-3-5-15(6-4-14)32-20(21,22)23/h3-9,12H,10-11H2,1-2H3,(H,25,29). The van der Waals surface area contributed by atoms with E-state index in [9.17, 15) is 27.6 Å². The fourth-order valence-electron chi connectivity index (χ4n) is 2.96. The van der Waals surface area contributed by atoms with Gasteiger partial charge in [-0.05, 0) is 49.7 Å². The van der Waals surface area contributed by atoms with Crippen LogP contribution >= 0.6 is 0 Å². The van der Waals surface area contributed by atoms with Crippen LogP contribution in [0, 0.1) is 0 Å². The van der Waals surface area contributed by atoms with Gasteiger partial charge < -0.3 is 14.4 Å². The molecule has 0 aliphatic carbocycles. The Kier molecular flexibility index (Phi) is 6.51. The highest BCUT2D eigenvalue weighted by atomic mass is 19.4. The van der Waals surface area contributed by atoms with E-state index in [0.717, 1.165) is 17.0 Å². The number of rotatable bonds is 6. The lowest BCUT2D eigenvalue weighted by atomic mass is 10.2. The van der Waals surface area contributed by atoms with E-state index in [-0.39, 0.29) is 24.9 Å². The molecule has 0 radical (unpaired) electrons. The van der Waals surface area contributed by atoms with Crippen LogP contribution in [0.15, 0.2) is 42.7 Å². The number of anilines is 2. The van der Waals surface area contributed by atoms with Gasteiger partial charge in [0.05, 0.1) is 30.2 Å². The molecular weight excluding hydrogens is 433 g/mol. The first-order chi connectivity index (χ1) is 15.0. The zero-order chi connectivity index (χ0) is 23.5. The normalized spacial score (nSPS) is 14.2. The van der Waals surface area contributed by atoms with Crippen LogP contribution in [0.4, 0.5) is 34.1 Å². The number of aromatic nitrogens is 1. The van der Waals surface area contributed by atoms with Crippen molar-refractivity contribution in [2.24, 2.45) is 0 Å². The number of ether oxygens (including phenoxy) is 2. The van der Waals surface area contributed by atoms with E-state index in [0.29, 0.717) is 11.3 Å². The van der Waals surface area contributed by atoms with Gasteiger partial charge in [-0.3, -0.25) is 15.1 Å². The van der Waals surface area contributed by atoms with Crippen LogP contribution in [0.2, 0.25) is 0 Å². The highest BCUT2D eigenvalue weighted by Gasteiger charge is 2.37. The third-order valence-electron chi connectivity index (χ3n) is 4.22. The number of carbonyl (C=O) groups excluding carboxylic acids is 3. The number of hydrogen-bond acceptors (Lipinski definition) is 6. The van der Waals surface area contributed by atoms with Gasteiger partial charge >= 0.3 is 18.5 Å². The van der Waals surface area contributed by atoms with Crippen LogP contribution in [-0.4, -0.2) is 46.9 Å². The highest BCUT2D eigenvalue weighted by Crippen LogP contribution is 2.28. The molecule has 1 saturated heterocycles. The van der Waals surface area contributed by atoms with E-state index in [1.165, 1.54) is 29.4 Å². The molecule has 12 heteroatoms. The van der Waals surface area contributed by atoms with Crippen LogP contribution < -0.4 is 15.0 Å². The number of pyridine rings is 1. The summed E-state index contributed by atoms with van der Waals surface area (Å²) in [6.07, 6.45) is -3.03. The fraction of sp³-hybridized carbons (Fsp3) is 0.300. The van der Waals surface area contributed by atoms with Gasteiger partial charge in [0.15, 0.2) is 0 Å². The lowest BCUT2D eigenvalue weighted by Gasteiger charge is -2.19. The predicted octanol–water partition coefficient (Wildman–Crippen LogP) is 3.91. The fourth-order valence-corrected chi connectivity index (χ4v) is 2.96. The van der Waals surface area contributed by atoms with Crippen molar-refractivity contribution in [1.29, 1.82) is 0 Å². The van der Waals surface area contributed by atoms with Crippen molar-refractivity contribution in [3.05, 3.63) is 48.3 Å². The van der Waals surface area contributed by atoms with E-state index >= 15 is 0 Å². The molecule has 1 aromatic carbocycles. The van der Waals surface area contributed by atoms with E-state index in [4.69, 9.17) is 4.74 Å². The Labute approximate surface area is 180 Å². The van der Waals surface area contributed by atoms with Gasteiger partial charge in [-0.1, -0.05) is 0 Å². The second-order valence-electron chi connectivity index (χ2n) is 7.02. The second kappa shape index (κ2) is 9.12. The van der Waals surface area contributed by atoms with E-state index < -0.39 is 30.1 Å². The average Bonchev–Trinajstić information content (AvgIpc) is 2.95. The molecule has 1 aliphatic heterocycles. The van der Waals surface area contributed by atoms with Crippen molar-refractivity contribution in [2.75, 3.05) is 16.8 Å². The molecule has 170 valence electrons. The van der Waals surface area contributed by atoms with Gasteiger partial charge in [-0.15, -0.1) is 13.2 Å². The second-order valence-corrected chi connectivity index (χ2v) is 7.02. The summed E-state index contributed by atoms with van der Waals surface area (Å²) in [6.45, 7) is 3.11. The van der Waals surface area contributed by atoms with Gasteiger partial charge in [0.1, 0.15) is 12.3 Å². The maximum atomic E-state index is 12.8. The first-order valence-electron chi connectivity index (χ1n) is 9.41. The molecule has 9 nitrogen and oxygen atoms in total. The number of amides is 4. The van der Waals surface area contributed by atoms with Crippen molar-refractivity contribution in [3.63, 3.8) is 0 Å². The summed E-state index contributed by atoms with van der Waals surface area (Å²) in [5.74, 6) is -1.03. The van der Waals surface area contributed by atoms with Gasteiger partial charge in [0.2, 0.25) is 0 Å². The molecule has 0 unspecified atom stereocenters. The minimum absolute atomic E-state index is 0.0177. The first-order valence-corrected chi connectivity index (χ1v) is 9.41. The zero-order valence-electron chi connectivity index (χ0n) is 17.0. The number of halogens is 3. The molecule has 1 aliphatic rings. The number of urea groups is 1. The average molecular weight is 452 g/mol. The van der Waals surface area contributed by atoms with Crippen LogP contribution in [-0.2, 0) is 16.1 Å². The minimum atomic E-state index is -4.85. The van der Waals surface area contributed by atoms with E-state index in [1.807, 2.05) is 0 Å². The largest absolute Gasteiger partial charge is 0.573 e. The van der Waals surface area contributed by atoms with Gasteiger partial charge in [0.25, 0.3) is 5.91 Å². The van der Waals surface area contributed by atoms with Gasteiger partial charge in [-0.25, -0.2) is 14.5 Å². The summed E-state index contributed by atoms with van der Waals surface area (Å²) in [4.78, 5) is 43.2. The number of alkyl halides is 3. The maximum Gasteiger partial charge on any atom is 0.573 e. The maximum absolute atomic E-state index is 12.8. The monoisotopic (exact) mass is 452 g/mol. The molecular formula is C20H19F3N4O5. The molecule has 2 aromatic rings. The molecule has 4 amide bonds. The lowest BCUT2D eigenvalue weighted by Crippen LogP contribution is -2.33. The SMILES string of the molecule is CC(C)OC(=O)Nc1cnccc1CN1CC(=O)N(c2ccc(OC(F)(F)F)cc2)C1=O. The van der Waals surface area contributed by atoms with Crippen molar-refractivity contribution < 1.29 is 37.0 Å². The Morgan fingerprint density at radius 3 is 2.50 bits per heavy atom.